The second-order valence-electron chi connectivity index (χ2n) is 6.79. The number of nitrogens with one attached hydrogen (secondary N) is 1. The molecule has 0 saturated heterocycles. The van der Waals surface area contributed by atoms with Crippen molar-refractivity contribution in [3.63, 3.8) is 0 Å². The maximum Gasteiger partial charge on any atom is 0.254 e. The first-order valence-electron chi connectivity index (χ1n) is 9.23. The molecule has 0 unspecified atom stereocenters. The minimum Gasteiger partial charge on any atom is -0.366 e. The Bertz CT molecular complexity index is 1050. The number of anilines is 1. The molecule has 0 fully saturated rings. The van der Waals surface area contributed by atoms with Gasteiger partial charge in [0.2, 0.25) is 0 Å². The van der Waals surface area contributed by atoms with Gasteiger partial charge in [-0.05, 0) is 24.5 Å². The van der Waals surface area contributed by atoms with Crippen LogP contribution in [-0.2, 0) is 13.0 Å². The zero-order valence-electron chi connectivity index (χ0n) is 15.8. The van der Waals surface area contributed by atoms with Gasteiger partial charge in [-0.2, -0.15) is 19.7 Å². The van der Waals surface area contributed by atoms with Gasteiger partial charge in [0.05, 0.1) is 11.4 Å². The summed E-state index contributed by atoms with van der Waals surface area (Å²) in [4.78, 5) is 8.71. The van der Waals surface area contributed by atoms with Gasteiger partial charge < -0.3 is 5.32 Å². The van der Waals surface area contributed by atoms with Crippen LogP contribution in [0, 0.1) is 0 Å². The average Bonchev–Trinajstić information content (AvgIpc) is 3.33. The summed E-state index contributed by atoms with van der Waals surface area (Å²) < 4.78 is 3.68. The van der Waals surface area contributed by atoms with Crippen molar-refractivity contribution in [2.75, 3.05) is 5.32 Å². The predicted molar refractivity (Wildman–Crippen MR) is 105 cm³/mol. The molecule has 3 aromatic heterocycles. The van der Waals surface area contributed by atoms with Gasteiger partial charge >= 0.3 is 0 Å². The lowest BCUT2D eigenvalue weighted by Crippen LogP contribution is -2.08. The van der Waals surface area contributed by atoms with E-state index in [9.17, 15) is 0 Å². The summed E-state index contributed by atoms with van der Waals surface area (Å²) in [6.07, 6.45) is 4.47. The first-order chi connectivity index (χ1) is 13.2. The molecule has 0 aliphatic rings. The second-order valence-corrected chi connectivity index (χ2v) is 6.79. The van der Waals surface area contributed by atoms with Crippen LogP contribution in [0.15, 0.2) is 48.9 Å². The summed E-state index contributed by atoms with van der Waals surface area (Å²) in [5, 5.41) is 12.6. The van der Waals surface area contributed by atoms with Gasteiger partial charge in [-0.25, -0.2) is 9.67 Å². The van der Waals surface area contributed by atoms with Gasteiger partial charge in [-0.1, -0.05) is 39.0 Å². The Labute approximate surface area is 158 Å². The van der Waals surface area contributed by atoms with Crippen molar-refractivity contribution in [1.82, 2.24) is 29.4 Å². The summed E-state index contributed by atoms with van der Waals surface area (Å²) in [7, 11) is 0. The molecule has 0 spiro atoms. The molecule has 1 N–H and O–H groups in total. The molecule has 0 radical (unpaired) electrons. The van der Waals surface area contributed by atoms with Crippen LogP contribution in [0.4, 0.5) is 5.82 Å². The third-order valence-corrected chi connectivity index (χ3v) is 4.52. The van der Waals surface area contributed by atoms with Gasteiger partial charge in [0, 0.05) is 30.1 Å². The summed E-state index contributed by atoms with van der Waals surface area (Å²) >= 11 is 0. The van der Waals surface area contributed by atoms with Gasteiger partial charge in [-0.3, -0.25) is 0 Å². The van der Waals surface area contributed by atoms with Crippen LogP contribution in [-0.4, -0.2) is 29.4 Å². The SMILES string of the molecule is CCc1cc(NCc2cn(-c3ccccc3)nc2C(C)C)n2ncnc2n1. The van der Waals surface area contributed by atoms with E-state index in [1.165, 1.54) is 6.33 Å². The van der Waals surface area contributed by atoms with E-state index < -0.39 is 0 Å². The van der Waals surface area contributed by atoms with Crippen LogP contribution in [0.2, 0.25) is 0 Å². The average molecular weight is 361 g/mol. The molecule has 0 atom stereocenters. The van der Waals surface area contributed by atoms with E-state index in [2.05, 4.69) is 59.5 Å². The number of hydrogen-bond donors (Lipinski definition) is 1. The molecule has 4 aromatic rings. The van der Waals surface area contributed by atoms with Gasteiger partial charge in [-0.15, -0.1) is 0 Å². The van der Waals surface area contributed by atoms with Crippen LogP contribution in [0.3, 0.4) is 0 Å². The fraction of sp³-hybridized carbons (Fsp3) is 0.300. The molecule has 4 rings (SSSR count). The molecular weight excluding hydrogens is 338 g/mol. The highest BCUT2D eigenvalue weighted by atomic mass is 15.4. The summed E-state index contributed by atoms with van der Waals surface area (Å²) in [5.74, 6) is 1.83. The Morgan fingerprint density at radius 3 is 2.70 bits per heavy atom. The van der Waals surface area contributed by atoms with E-state index >= 15 is 0 Å². The minimum absolute atomic E-state index is 0.335. The molecular formula is C20H23N7. The molecule has 0 amide bonds. The third kappa shape index (κ3) is 3.40. The summed E-state index contributed by atoms with van der Waals surface area (Å²) in [6, 6.07) is 12.2. The highest BCUT2D eigenvalue weighted by Gasteiger charge is 2.14. The predicted octanol–water partition coefficient (Wildman–Crippen LogP) is 3.61. The lowest BCUT2D eigenvalue weighted by atomic mass is 10.1. The topological polar surface area (TPSA) is 72.9 Å². The quantitative estimate of drug-likeness (QED) is 0.568. The highest BCUT2D eigenvalue weighted by molar-refractivity contribution is 5.46. The van der Waals surface area contributed by atoms with E-state index in [1.807, 2.05) is 28.9 Å². The lowest BCUT2D eigenvalue weighted by Gasteiger charge is -2.10. The monoisotopic (exact) mass is 361 g/mol. The smallest absolute Gasteiger partial charge is 0.254 e. The van der Waals surface area contributed by atoms with Crippen molar-refractivity contribution in [2.24, 2.45) is 0 Å². The molecule has 1 aromatic carbocycles. The first kappa shape index (κ1) is 17.2. The number of nitrogens with zero attached hydrogens (tertiary/aromatic N) is 6. The molecule has 7 nitrogen and oxygen atoms in total. The Hall–Kier alpha value is -3.22. The van der Waals surface area contributed by atoms with Crippen LogP contribution in [0.25, 0.3) is 11.5 Å². The Kier molecular flexibility index (Phi) is 4.58. The van der Waals surface area contributed by atoms with Gasteiger partial charge in [0.25, 0.3) is 5.78 Å². The Balaban J connectivity index is 1.65. The Morgan fingerprint density at radius 2 is 1.96 bits per heavy atom. The number of benzene rings is 1. The van der Waals surface area contributed by atoms with Crippen LogP contribution < -0.4 is 5.32 Å². The van der Waals surface area contributed by atoms with E-state index in [1.54, 1.807) is 4.52 Å². The molecule has 0 bridgehead atoms. The maximum absolute atomic E-state index is 4.81. The van der Waals surface area contributed by atoms with E-state index in [4.69, 9.17) is 5.10 Å². The molecule has 0 aliphatic carbocycles. The van der Waals surface area contributed by atoms with Gasteiger partial charge in [0.15, 0.2) is 0 Å². The molecule has 7 heteroatoms. The molecule has 138 valence electrons. The Morgan fingerprint density at radius 1 is 1.15 bits per heavy atom. The van der Waals surface area contributed by atoms with E-state index in [-0.39, 0.29) is 0 Å². The molecule has 27 heavy (non-hydrogen) atoms. The number of hydrogen-bond acceptors (Lipinski definition) is 5. The number of para-hydroxylation sites is 1. The fourth-order valence-corrected chi connectivity index (χ4v) is 3.11. The number of rotatable bonds is 6. The maximum atomic E-state index is 4.81. The fourth-order valence-electron chi connectivity index (χ4n) is 3.11. The van der Waals surface area contributed by atoms with Crippen LogP contribution in [0.5, 0.6) is 0 Å². The largest absolute Gasteiger partial charge is 0.366 e. The highest BCUT2D eigenvalue weighted by Crippen LogP contribution is 2.21. The zero-order chi connectivity index (χ0) is 18.8. The number of fused-ring (bicyclic) bond motifs is 1. The van der Waals surface area contributed by atoms with E-state index in [0.29, 0.717) is 18.2 Å². The minimum atomic E-state index is 0.335. The van der Waals surface area contributed by atoms with Gasteiger partial charge in [0.1, 0.15) is 12.1 Å². The molecule has 0 saturated carbocycles. The van der Waals surface area contributed by atoms with Crippen molar-refractivity contribution in [1.29, 1.82) is 0 Å². The summed E-state index contributed by atoms with van der Waals surface area (Å²) in [5.41, 5.74) is 4.30. The van der Waals surface area contributed by atoms with E-state index in [0.717, 1.165) is 34.9 Å². The lowest BCUT2D eigenvalue weighted by molar-refractivity contribution is 0.762. The van der Waals surface area contributed by atoms with Crippen LogP contribution in [0.1, 0.15) is 43.6 Å². The normalized spacial score (nSPS) is 11.4. The second kappa shape index (κ2) is 7.19. The molecule has 3 heterocycles. The zero-order valence-corrected chi connectivity index (χ0v) is 15.8. The molecule has 0 aliphatic heterocycles. The third-order valence-electron chi connectivity index (χ3n) is 4.52. The van der Waals surface area contributed by atoms with Crippen molar-refractivity contribution in [3.8, 4) is 5.69 Å². The van der Waals surface area contributed by atoms with Crippen molar-refractivity contribution < 1.29 is 0 Å². The van der Waals surface area contributed by atoms with Crippen molar-refractivity contribution in [3.05, 3.63) is 65.9 Å². The van der Waals surface area contributed by atoms with Crippen molar-refractivity contribution in [2.45, 2.75) is 39.7 Å². The standard InChI is InChI=1S/C20H23N7/c1-4-16-10-18(27-20(24-16)22-13-23-27)21-11-15-12-26(25-19(15)14(2)3)17-8-6-5-7-9-17/h5-10,12-14,21H,4,11H2,1-3H3. The van der Waals surface area contributed by atoms with Crippen LogP contribution >= 0.6 is 0 Å². The first-order valence-corrected chi connectivity index (χ1v) is 9.23. The van der Waals surface area contributed by atoms with Crippen molar-refractivity contribution >= 4 is 11.6 Å². The number of aryl methyl sites for hydroxylation is 1. The number of aromatic nitrogens is 6. The summed E-state index contributed by atoms with van der Waals surface area (Å²) in [6.45, 7) is 7.07.